The Kier molecular flexibility index (Phi) is 8.67. The van der Waals surface area contributed by atoms with Gasteiger partial charge in [0.1, 0.15) is 17.0 Å². The van der Waals surface area contributed by atoms with E-state index < -0.39 is 5.97 Å². The predicted molar refractivity (Wildman–Crippen MR) is 120 cm³/mol. The molecule has 3 rings (SSSR count). The quantitative estimate of drug-likeness (QED) is 0.662. The fourth-order valence-electron chi connectivity index (χ4n) is 3.87. The summed E-state index contributed by atoms with van der Waals surface area (Å²) in [5.41, 5.74) is 2.90. The van der Waals surface area contributed by atoms with E-state index in [4.69, 9.17) is 19.3 Å². The molecule has 0 aliphatic carbocycles. The van der Waals surface area contributed by atoms with Crippen LogP contribution in [0.5, 0.6) is 5.75 Å². The highest BCUT2D eigenvalue weighted by atomic mass is 16.5. The largest absolute Gasteiger partial charge is 0.496 e. The van der Waals surface area contributed by atoms with Gasteiger partial charge in [0, 0.05) is 31.9 Å². The molecule has 0 fully saturated rings. The molecule has 8 heteroatoms. The highest BCUT2D eigenvalue weighted by Crippen LogP contribution is 2.22. The van der Waals surface area contributed by atoms with Gasteiger partial charge in [0.2, 0.25) is 0 Å². The lowest BCUT2D eigenvalue weighted by Crippen LogP contribution is -2.28. The van der Waals surface area contributed by atoms with Gasteiger partial charge in [-0.15, -0.1) is 0 Å². The first-order chi connectivity index (χ1) is 15.5. The predicted octanol–water partition coefficient (Wildman–Crippen LogP) is 3.03. The van der Waals surface area contributed by atoms with Crippen molar-refractivity contribution in [2.24, 2.45) is 5.92 Å². The van der Waals surface area contributed by atoms with Crippen molar-refractivity contribution in [2.45, 2.75) is 46.1 Å². The minimum atomic E-state index is -0.413. The van der Waals surface area contributed by atoms with E-state index in [0.717, 1.165) is 30.5 Å². The number of carbonyl (C=O) groups is 2. The third-order valence-corrected chi connectivity index (χ3v) is 5.48. The molecule has 1 amide bonds. The van der Waals surface area contributed by atoms with Crippen LogP contribution in [0.2, 0.25) is 0 Å². The van der Waals surface area contributed by atoms with Crippen LogP contribution in [-0.4, -0.2) is 55.1 Å². The molecule has 8 nitrogen and oxygen atoms in total. The van der Waals surface area contributed by atoms with E-state index in [-0.39, 0.29) is 18.4 Å². The number of nitrogens with zero attached hydrogens (tertiary/aromatic N) is 2. The lowest BCUT2D eigenvalue weighted by atomic mass is 9.99. The number of fused-ring (bicyclic) bond motifs is 1. The SMILES string of the molecule is CCn1nc(C[C@@H](C)COC(=O)c2ccccc2OC)c2c1C(=O)NCCCOCCC2. The molecular weight excluding hydrogens is 410 g/mol. The molecule has 2 aromatic rings. The summed E-state index contributed by atoms with van der Waals surface area (Å²) in [5, 5.41) is 7.72. The molecule has 0 saturated carbocycles. The van der Waals surface area contributed by atoms with Gasteiger partial charge in [-0.2, -0.15) is 5.10 Å². The lowest BCUT2D eigenvalue weighted by molar-refractivity contribution is 0.0444. The van der Waals surface area contributed by atoms with Crippen molar-refractivity contribution in [3.63, 3.8) is 0 Å². The maximum absolute atomic E-state index is 12.9. The first kappa shape index (κ1) is 23.8. The first-order valence-electron chi connectivity index (χ1n) is 11.3. The fraction of sp³-hybridized carbons (Fsp3) is 0.542. The number of aryl methyl sites for hydroxylation is 1. The van der Waals surface area contributed by atoms with Gasteiger partial charge >= 0.3 is 5.97 Å². The highest BCUT2D eigenvalue weighted by molar-refractivity contribution is 5.94. The van der Waals surface area contributed by atoms with Crippen molar-refractivity contribution in [2.75, 3.05) is 33.5 Å². The van der Waals surface area contributed by atoms with Gasteiger partial charge < -0.3 is 19.5 Å². The number of benzene rings is 1. The summed E-state index contributed by atoms with van der Waals surface area (Å²) in [4.78, 5) is 25.4. The summed E-state index contributed by atoms with van der Waals surface area (Å²) in [5.74, 6) is 0.0294. The van der Waals surface area contributed by atoms with E-state index in [1.807, 2.05) is 19.9 Å². The van der Waals surface area contributed by atoms with Crippen LogP contribution in [0.25, 0.3) is 0 Å². The molecule has 0 saturated heterocycles. The smallest absolute Gasteiger partial charge is 0.341 e. The molecule has 32 heavy (non-hydrogen) atoms. The first-order valence-corrected chi connectivity index (χ1v) is 11.3. The number of hydrogen-bond acceptors (Lipinski definition) is 6. The van der Waals surface area contributed by atoms with Crippen LogP contribution in [0.3, 0.4) is 0 Å². The molecule has 0 spiro atoms. The monoisotopic (exact) mass is 443 g/mol. The van der Waals surface area contributed by atoms with Crippen LogP contribution in [0.15, 0.2) is 24.3 Å². The maximum atomic E-state index is 12.9. The van der Waals surface area contributed by atoms with E-state index >= 15 is 0 Å². The Morgan fingerprint density at radius 3 is 2.84 bits per heavy atom. The topological polar surface area (TPSA) is 91.7 Å². The number of carbonyl (C=O) groups excluding carboxylic acids is 2. The molecule has 1 aromatic heterocycles. The van der Waals surface area contributed by atoms with Crippen molar-refractivity contribution in [1.82, 2.24) is 15.1 Å². The number of ether oxygens (including phenoxy) is 3. The van der Waals surface area contributed by atoms with Crippen LogP contribution in [0, 0.1) is 5.92 Å². The van der Waals surface area contributed by atoms with Crippen molar-refractivity contribution in [3.05, 3.63) is 46.8 Å². The zero-order valence-corrected chi connectivity index (χ0v) is 19.2. The standard InChI is InChI=1S/C24H33N3O5/c1-4-27-22-18(10-7-13-31-14-8-12-25-23(22)28)20(26-27)15-17(2)16-32-24(29)19-9-5-6-11-21(19)30-3/h5-6,9,11,17H,4,7-8,10,12-16H2,1-3H3,(H,25,28)/t17-/m1/s1. The summed E-state index contributed by atoms with van der Waals surface area (Å²) < 4.78 is 18.2. The third kappa shape index (κ3) is 5.88. The Labute approximate surface area is 189 Å². The Hall–Kier alpha value is -2.87. The van der Waals surface area contributed by atoms with Crippen molar-refractivity contribution in [3.8, 4) is 5.75 Å². The number of methoxy groups -OCH3 is 1. The average molecular weight is 444 g/mol. The molecule has 1 atom stereocenters. The fourth-order valence-corrected chi connectivity index (χ4v) is 3.87. The molecule has 0 unspecified atom stereocenters. The summed E-state index contributed by atoms with van der Waals surface area (Å²) >= 11 is 0. The molecular formula is C24H33N3O5. The Balaban J connectivity index is 1.72. The maximum Gasteiger partial charge on any atom is 0.341 e. The van der Waals surface area contributed by atoms with Crippen LogP contribution in [-0.2, 0) is 28.9 Å². The summed E-state index contributed by atoms with van der Waals surface area (Å²) in [7, 11) is 1.53. The van der Waals surface area contributed by atoms with E-state index in [2.05, 4.69) is 5.32 Å². The van der Waals surface area contributed by atoms with Gasteiger partial charge in [-0.05, 0) is 50.7 Å². The Bertz CT molecular complexity index is 924. The molecule has 0 radical (unpaired) electrons. The average Bonchev–Trinajstić information content (AvgIpc) is 3.13. The van der Waals surface area contributed by atoms with Crippen molar-refractivity contribution in [1.29, 1.82) is 0 Å². The number of amides is 1. The van der Waals surface area contributed by atoms with Crippen molar-refractivity contribution >= 4 is 11.9 Å². The number of aromatic nitrogens is 2. The zero-order valence-electron chi connectivity index (χ0n) is 19.2. The van der Waals surface area contributed by atoms with E-state index in [0.29, 0.717) is 49.7 Å². The van der Waals surface area contributed by atoms with Gasteiger partial charge in [0.15, 0.2) is 0 Å². The summed E-state index contributed by atoms with van der Waals surface area (Å²) in [6, 6.07) is 7.01. The van der Waals surface area contributed by atoms with Gasteiger partial charge in [-0.1, -0.05) is 19.1 Å². The number of rotatable bonds is 7. The second-order valence-electron chi connectivity index (χ2n) is 8.02. The number of nitrogens with one attached hydrogen (secondary N) is 1. The summed E-state index contributed by atoms with van der Waals surface area (Å²) in [6.07, 6.45) is 2.97. The molecule has 1 aliphatic heterocycles. The number of esters is 1. The van der Waals surface area contributed by atoms with Crippen LogP contribution in [0.4, 0.5) is 0 Å². The zero-order chi connectivity index (χ0) is 22.9. The molecule has 1 N–H and O–H groups in total. The molecule has 1 aliphatic rings. The van der Waals surface area contributed by atoms with Gasteiger partial charge in [0.25, 0.3) is 5.91 Å². The third-order valence-electron chi connectivity index (χ3n) is 5.48. The molecule has 174 valence electrons. The molecule has 1 aromatic carbocycles. The normalized spacial score (nSPS) is 15.8. The van der Waals surface area contributed by atoms with Crippen LogP contribution in [0.1, 0.15) is 58.8 Å². The summed E-state index contributed by atoms with van der Waals surface area (Å²) in [6.45, 7) is 6.76. The number of hydrogen-bond donors (Lipinski definition) is 1. The lowest BCUT2D eigenvalue weighted by Gasteiger charge is -2.13. The minimum absolute atomic E-state index is 0.0375. The van der Waals surface area contributed by atoms with E-state index in [9.17, 15) is 9.59 Å². The second kappa shape index (κ2) is 11.7. The van der Waals surface area contributed by atoms with E-state index in [1.165, 1.54) is 7.11 Å². The Morgan fingerprint density at radius 1 is 1.28 bits per heavy atom. The Morgan fingerprint density at radius 2 is 2.06 bits per heavy atom. The minimum Gasteiger partial charge on any atom is -0.496 e. The van der Waals surface area contributed by atoms with Gasteiger partial charge in [-0.25, -0.2) is 4.79 Å². The highest BCUT2D eigenvalue weighted by Gasteiger charge is 2.24. The van der Waals surface area contributed by atoms with Crippen molar-refractivity contribution < 1.29 is 23.8 Å². The number of para-hydroxylation sites is 1. The van der Waals surface area contributed by atoms with Gasteiger partial charge in [-0.3, -0.25) is 9.48 Å². The second-order valence-corrected chi connectivity index (χ2v) is 8.02. The van der Waals surface area contributed by atoms with Crippen LogP contribution < -0.4 is 10.1 Å². The molecule has 0 bridgehead atoms. The van der Waals surface area contributed by atoms with Gasteiger partial charge in [0.05, 0.1) is 19.4 Å². The molecule has 2 heterocycles. The van der Waals surface area contributed by atoms with Crippen LogP contribution >= 0.6 is 0 Å². The van der Waals surface area contributed by atoms with E-state index in [1.54, 1.807) is 22.9 Å².